The SMILES string of the molecule is COc1cccc(C(=O)Nc2c3c(nn2-c2ccc(C)cc2C)CS(=O)C3)c1. The van der Waals surface area contributed by atoms with Crippen molar-refractivity contribution in [2.75, 3.05) is 12.4 Å². The number of ether oxygens (including phenoxy) is 1. The minimum absolute atomic E-state index is 0.259. The van der Waals surface area contributed by atoms with Gasteiger partial charge in [-0.2, -0.15) is 5.10 Å². The molecule has 6 nitrogen and oxygen atoms in total. The highest BCUT2D eigenvalue weighted by molar-refractivity contribution is 7.83. The van der Waals surface area contributed by atoms with Crippen molar-refractivity contribution in [3.63, 3.8) is 0 Å². The summed E-state index contributed by atoms with van der Waals surface area (Å²) in [7, 11) is 0.580. The summed E-state index contributed by atoms with van der Waals surface area (Å²) in [6.07, 6.45) is 0. The fourth-order valence-corrected chi connectivity index (χ4v) is 4.68. The van der Waals surface area contributed by atoms with E-state index in [1.54, 1.807) is 36.1 Å². The third-order valence-electron chi connectivity index (χ3n) is 4.81. The van der Waals surface area contributed by atoms with Crippen LogP contribution in [0.15, 0.2) is 42.5 Å². The molecule has 0 radical (unpaired) electrons. The second kappa shape index (κ2) is 7.24. The van der Waals surface area contributed by atoms with Crippen molar-refractivity contribution in [2.24, 2.45) is 0 Å². The second-order valence-corrected chi connectivity index (χ2v) is 8.35. The van der Waals surface area contributed by atoms with Crippen LogP contribution in [0.4, 0.5) is 5.82 Å². The van der Waals surface area contributed by atoms with Gasteiger partial charge >= 0.3 is 0 Å². The lowest BCUT2D eigenvalue weighted by atomic mass is 10.1. The minimum atomic E-state index is -0.984. The molecule has 3 aromatic rings. The summed E-state index contributed by atoms with van der Waals surface area (Å²) < 4.78 is 19.0. The molecule has 1 aliphatic rings. The Kier molecular flexibility index (Phi) is 4.77. The van der Waals surface area contributed by atoms with E-state index in [0.717, 1.165) is 28.1 Å². The number of carbonyl (C=O) groups is 1. The second-order valence-electron chi connectivity index (χ2n) is 6.89. The molecule has 0 aliphatic carbocycles. The molecule has 0 saturated carbocycles. The minimum Gasteiger partial charge on any atom is -0.497 e. The summed E-state index contributed by atoms with van der Waals surface area (Å²) in [6.45, 7) is 4.05. The number of nitrogens with one attached hydrogen (secondary N) is 1. The number of benzene rings is 2. The zero-order valence-corrected chi connectivity index (χ0v) is 16.8. The molecule has 2 aromatic carbocycles. The quantitative estimate of drug-likeness (QED) is 0.734. The largest absolute Gasteiger partial charge is 0.497 e. The molecule has 4 rings (SSSR count). The molecular weight excluding hydrogens is 374 g/mol. The van der Waals surface area contributed by atoms with Gasteiger partial charge in [0.2, 0.25) is 0 Å². The molecule has 0 fully saturated rings. The van der Waals surface area contributed by atoms with E-state index < -0.39 is 10.8 Å². The number of nitrogens with zero attached hydrogens (tertiary/aromatic N) is 2. The molecule has 7 heteroatoms. The first kappa shape index (κ1) is 18.4. The van der Waals surface area contributed by atoms with Crippen molar-refractivity contribution in [3.05, 3.63) is 70.4 Å². The Morgan fingerprint density at radius 1 is 1.18 bits per heavy atom. The monoisotopic (exact) mass is 395 g/mol. The van der Waals surface area contributed by atoms with Crippen molar-refractivity contribution >= 4 is 22.5 Å². The first-order valence-electron chi connectivity index (χ1n) is 8.95. The molecular formula is C21H21N3O3S. The molecule has 1 amide bonds. The van der Waals surface area contributed by atoms with Crippen molar-refractivity contribution in [1.29, 1.82) is 0 Å². The fraction of sp³-hybridized carbons (Fsp3) is 0.238. The Labute approximate surface area is 166 Å². The maximum Gasteiger partial charge on any atom is 0.256 e. The normalized spacial score (nSPS) is 15.3. The lowest BCUT2D eigenvalue weighted by Gasteiger charge is -2.14. The van der Waals surface area contributed by atoms with Crippen LogP contribution in [0.2, 0.25) is 0 Å². The first-order valence-corrected chi connectivity index (χ1v) is 10.4. The average molecular weight is 395 g/mol. The van der Waals surface area contributed by atoms with E-state index in [2.05, 4.69) is 16.5 Å². The van der Waals surface area contributed by atoms with E-state index in [0.29, 0.717) is 28.6 Å². The summed E-state index contributed by atoms with van der Waals surface area (Å²) in [6, 6.07) is 13.1. The lowest BCUT2D eigenvalue weighted by molar-refractivity contribution is 0.102. The number of aryl methyl sites for hydroxylation is 2. The number of carbonyl (C=O) groups excluding carboxylic acids is 1. The van der Waals surface area contributed by atoms with Crippen LogP contribution in [-0.4, -0.2) is 27.0 Å². The van der Waals surface area contributed by atoms with E-state index in [1.165, 1.54) is 0 Å². The topological polar surface area (TPSA) is 73.2 Å². The maximum absolute atomic E-state index is 12.9. The summed E-state index contributed by atoms with van der Waals surface area (Å²) in [5.41, 5.74) is 5.21. The van der Waals surface area contributed by atoms with Crippen LogP contribution >= 0.6 is 0 Å². The Morgan fingerprint density at radius 2 is 2.00 bits per heavy atom. The molecule has 144 valence electrons. The van der Waals surface area contributed by atoms with Gasteiger partial charge in [0.15, 0.2) is 0 Å². The molecule has 1 aromatic heterocycles. The number of aromatic nitrogens is 2. The Balaban J connectivity index is 1.77. The van der Waals surface area contributed by atoms with Crippen molar-refractivity contribution in [1.82, 2.24) is 9.78 Å². The Morgan fingerprint density at radius 3 is 2.75 bits per heavy atom. The highest BCUT2D eigenvalue weighted by atomic mass is 32.2. The molecule has 1 atom stereocenters. The van der Waals surface area contributed by atoms with Crippen molar-refractivity contribution in [2.45, 2.75) is 25.4 Å². The molecule has 0 spiro atoms. The van der Waals surface area contributed by atoms with Gasteiger partial charge < -0.3 is 10.1 Å². The third kappa shape index (κ3) is 3.33. The van der Waals surface area contributed by atoms with Gasteiger partial charge in [0, 0.05) is 21.9 Å². The van der Waals surface area contributed by atoms with E-state index in [4.69, 9.17) is 4.74 Å². The van der Waals surface area contributed by atoms with Crippen molar-refractivity contribution in [3.8, 4) is 11.4 Å². The predicted molar refractivity (Wildman–Crippen MR) is 110 cm³/mol. The molecule has 1 N–H and O–H groups in total. The number of hydrogen-bond acceptors (Lipinski definition) is 4. The van der Waals surface area contributed by atoms with Crippen molar-refractivity contribution < 1.29 is 13.7 Å². The predicted octanol–water partition coefficient (Wildman–Crippen LogP) is 3.51. The zero-order valence-electron chi connectivity index (χ0n) is 16.0. The maximum atomic E-state index is 12.9. The molecule has 1 unspecified atom stereocenters. The molecule has 0 bridgehead atoms. The van der Waals surface area contributed by atoms with Gasteiger partial charge in [0.1, 0.15) is 11.6 Å². The molecule has 2 heterocycles. The number of fused-ring (bicyclic) bond motifs is 1. The summed E-state index contributed by atoms with van der Waals surface area (Å²) >= 11 is 0. The van der Waals surface area contributed by atoms with Gasteiger partial charge in [0.05, 0.1) is 30.0 Å². The third-order valence-corrected chi connectivity index (χ3v) is 6.02. The highest BCUT2D eigenvalue weighted by Gasteiger charge is 2.29. The summed E-state index contributed by atoms with van der Waals surface area (Å²) in [5.74, 6) is 1.75. The van der Waals surface area contributed by atoms with E-state index in [1.807, 2.05) is 26.0 Å². The average Bonchev–Trinajstić information content (AvgIpc) is 3.19. The van der Waals surface area contributed by atoms with Crippen LogP contribution in [0.1, 0.15) is 32.7 Å². The molecule has 1 aliphatic heterocycles. The van der Waals surface area contributed by atoms with Gasteiger partial charge in [-0.15, -0.1) is 0 Å². The lowest BCUT2D eigenvalue weighted by Crippen LogP contribution is -2.17. The highest BCUT2D eigenvalue weighted by Crippen LogP contribution is 2.32. The van der Waals surface area contributed by atoms with Crippen LogP contribution in [0.3, 0.4) is 0 Å². The van der Waals surface area contributed by atoms with Crippen LogP contribution in [-0.2, 0) is 22.3 Å². The van der Waals surface area contributed by atoms with E-state index in [9.17, 15) is 9.00 Å². The standard InChI is InChI=1S/C21H21N3O3S/c1-13-7-8-19(14(2)9-13)24-20(17-11-28(26)12-18(17)23-24)22-21(25)15-5-4-6-16(10-15)27-3/h4-10H,11-12H2,1-3H3,(H,22,25). The van der Waals surface area contributed by atoms with Gasteiger partial charge in [-0.05, 0) is 43.7 Å². The van der Waals surface area contributed by atoms with Gasteiger partial charge in [-0.25, -0.2) is 4.68 Å². The number of rotatable bonds is 4. The van der Waals surface area contributed by atoms with Gasteiger partial charge in [-0.1, -0.05) is 23.8 Å². The summed E-state index contributed by atoms with van der Waals surface area (Å²) in [5, 5.41) is 7.66. The Bertz CT molecular complexity index is 1100. The molecule has 0 saturated heterocycles. The van der Waals surface area contributed by atoms with Crippen LogP contribution in [0.25, 0.3) is 5.69 Å². The summed E-state index contributed by atoms with van der Waals surface area (Å²) in [4.78, 5) is 12.9. The van der Waals surface area contributed by atoms with E-state index >= 15 is 0 Å². The van der Waals surface area contributed by atoms with E-state index in [-0.39, 0.29) is 5.91 Å². The first-order chi connectivity index (χ1) is 13.5. The van der Waals surface area contributed by atoms with Gasteiger partial charge in [-0.3, -0.25) is 9.00 Å². The van der Waals surface area contributed by atoms with Crippen LogP contribution in [0.5, 0.6) is 5.75 Å². The van der Waals surface area contributed by atoms with Crippen LogP contribution < -0.4 is 10.1 Å². The smallest absolute Gasteiger partial charge is 0.256 e. The van der Waals surface area contributed by atoms with Crippen LogP contribution in [0, 0.1) is 13.8 Å². The Hall–Kier alpha value is -2.93. The number of amides is 1. The number of methoxy groups -OCH3 is 1. The number of anilines is 1. The fourth-order valence-electron chi connectivity index (χ4n) is 3.42. The van der Waals surface area contributed by atoms with Gasteiger partial charge in [0.25, 0.3) is 5.91 Å². The number of hydrogen-bond donors (Lipinski definition) is 1. The molecule has 28 heavy (non-hydrogen) atoms. The zero-order chi connectivity index (χ0) is 19.8.